The van der Waals surface area contributed by atoms with E-state index in [1.807, 2.05) is 22.9 Å². The molecule has 1 aliphatic heterocycles. The molecule has 0 amide bonds. The van der Waals surface area contributed by atoms with Crippen LogP contribution >= 0.6 is 23.2 Å². The minimum absolute atomic E-state index is 0.0933. The van der Waals surface area contributed by atoms with E-state index in [1.165, 1.54) is 0 Å². The molecule has 9 nitrogen and oxygen atoms in total. The van der Waals surface area contributed by atoms with Gasteiger partial charge in [0, 0.05) is 54.2 Å². The topological polar surface area (TPSA) is 113 Å². The maximum atomic E-state index is 11.5. The van der Waals surface area contributed by atoms with Gasteiger partial charge in [-0.25, -0.2) is 18.4 Å². The van der Waals surface area contributed by atoms with Gasteiger partial charge < -0.3 is 14.2 Å². The van der Waals surface area contributed by atoms with Crippen molar-refractivity contribution in [3.05, 3.63) is 70.6 Å². The molecule has 37 heavy (non-hydrogen) atoms. The maximum Gasteiger partial charge on any atom is 0.236 e. The molecular formula is C25H22Cl2N6O3S. The SMILES string of the molecule is CS(=O)(=O)Nc1ncc2c(n1)CCN(c1ccc3c(ccn3-c3cc(Cl)c(OCCCl)c(C#N)c3)c1)C2. The van der Waals surface area contributed by atoms with Crippen molar-refractivity contribution in [3.63, 3.8) is 0 Å². The molecule has 0 aliphatic carbocycles. The Bertz CT molecular complexity index is 1650. The zero-order chi connectivity index (χ0) is 26.2. The molecule has 0 unspecified atom stereocenters. The van der Waals surface area contributed by atoms with Gasteiger partial charge in [-0.15, -0.1) is 11.6 Å². The van der Waals surface area contributed by atoms with Gasteiger partial charge in [0.25, 0.3) is 0 Å². The fourth-order valence-corrected chi connectivity index (χ4v) is 5.17. The van der Waals surface area contributed by atoms with Crippen LogP contribution in [0.15, 0.2) is 48.8 Å². The molecule has 1 aliphatic rings. The van der Waals surface area contributed by atoms with Gasteiger partial charge >= 0.3 is 0 Å². The standard InChI is InChI=1S/C25H22Cl2N6O3S/c1-37(34,35)31-25-29-14-18-15-32(7-5-22(18)30-25)19-2-3-23-16(10-19)4-8-33(23)20-11-17(13-28)24(21(27)12-20)36-9-6-26/h2-4,8,10-12,14H,5-7,9,15H2,1H3,(H,29,30,31). The number of nitrogens with one attached hydrogen (secondary N) is 1. The van der Waals surface area contributed by atoms with Gasteiger partial charge in [-0.2, -0.15) is 5.26 Å². The second kappa shape index (κ2) is 10.1. The number of halogens is 2. The Morgan fingerprint density at radius 1 is 1.22 bits per heavy atom. The van der Waals surface area contributed by atoms with Crippen molar-refractivity contribution in [2.75, 3.05) is 34.9 Å². The fraction of sp³-hybridized carbons (Fsp3) is 0.240. The molecule has 0 atom stereocenters. The van der Waals surface area contributed by atoms with Crippen molar-refractivity contribution in [2.24, 2.45) is 0 Å². The summed E-state index contributed by atoms with van der Waals surface area (Å²) in [6.07, 6.45) is 5.36. The highest BCUT2D eigenvalue weighted by Crippen LogP contribution is 2.34. The number of aromatic nitrogens is 3. The van der Waals surface area contributed by atoms with Crippen molar-refractivity contribution >= 4 is 55.8 Å². The minimum atomic E-state index is -3.43. The smallest absolute Gasteiger partial charge is 0.236 e. The molecule has 190 valence electrons. The number of ether oxygens (including phenoxy) is 1. The Hall–Kier alpha value is -3.52. The van der Waals surface area contributed by atoms with Crippen LogP contribution in [0.25, 0.3) is 16.6 Å². The molecule has 0 spiro atoms. The quantitative estimate of drug-likeness (QED) is 0.333. The van der Waals surface area contributed by atoms with Crippen LogP contribution in [-0.2, 0) is 23.0 Å². The predicted molar refractivity (Wildman–Crippen MR) is 144 cm³/mol. The highest BCUT2D eigenvalue weighted by molar-refractivity contribution is 7.91. The fourth-order valence-electron chi connectivity index (χ4n) is 4.39. The van der Waals surface area contributed by atoms with Crippen LogP contribution < -0.4 is 14.4 Å². The van der Waals surface area contributed by atoms with Crippen molar-refractivity contribution in [3.8, 4) is 17.5 Å². The Balaban J connectivity index is 1.41. The summed E-state index contributed by atoms with van der Waals surface area (Å²) in [5.41, 5.74) is 4.91. The van der Waals surface area contributed by atoms with Crippen LogP contribution in [0.5, 0.6) is 5.75 Å². The molecule has 0 saturated heterocycles. The second-order valence-electron chi connectivity index (χ2n) is 8.59. The van der Waals surface area contributed by atoms with Gasteiger partial charge in [-0.3, -0.25) is 4.72 Å². The van der Waals surface area contributed by atoms with Crippen molar-refractivity contribution in [1.29, 1.82) is 5.26 Å². The van der Waals surface area contributed by atoms with Gasteiger partial charge in [0.1, 0.15) is 12.7 Å². The summed E-state index contributed by atoms with van der Waals surface area (Å²) < 4.78 is 32.8. The van der Waals surface area contributed by atoms with E-state index in [4.69, 9.17) is 27.9 Å². The monoisotopic (exact) mass is 556 g/mol. The third kappa shape index (κ3) is 5.30. The van der Waals surface area contributed by atoms with Gasteiger partial charge in [0.05, 0.1) is 33.9 Å². The maximum absolute atomic E-state index is 11.5. The van der Waals surface area contributed by atoms with Crippen LogP contribution in [0, 0.1) is 11.3 Å². The zero-order valence-electron chi connectivity index (χ0n) is 19.8. The summed E-state index contributed by atoms with van der Waals surface area (Å²) in [4.78, 5) is 10.8. The first-order valence-corrected chi connectivity index (χ1v) is 14.2. The van der Waals surface area contributed by atoms with E-state index in [1.54, 1.807) is 18.3 Å². The molecule has 1 N–H and O–H groups in total. The first kappa shape index (κ1) is 25.1. The molecule has 2 aromatic heterocycles. The lowest BCUT2D eigenvalue weighted by atomic mass is 10.1. The van der Waals surface area contributed by atoms with Gasteiger partial charge in [-0.1, -0.05) is 11.6 Å². The average molecular weight is 557 g/mol. The molecule has 0 bridgehead atoms. The Kier molecular flexibility index (Phi) is 6.86. The minimum Gasteiger partial charge on any atom is -0.489 e. The average Bonchev–Trinajstić information content (AvgIpc) is 3.29. The Labute approximate surface area is 224 Å². The van der Waals surface area contributed by atoms with E-state index in [2.05, 4.69) is 37.8 Å². The van der Waals surface area contributed by atoms with E-state index in [0.29, 0.717) is 35.2 Å². The normalized spacial score (nSPS) is 13.3. The molecule has 0 saturated carbocycles. The summed E-state index contributed by atoms with van der Waals surface area (Å²) in [5.74, 6) is 0.724. The Morgan fingerprint density at radius 2 is 2.05 bits per heavy atom. The van der Waals surface area contributed by atoms with E-state index >= 15 is 0 Å². The van der Waals surface area contributed by atoms with Crippen molar-refractivity contribution in [1.82, 2.24) is 14.5 Å². The number of sulfonamides is 1. The van der Waals surface area contributed by atoms with Crippen LogP contribution in [0.4, 0.5) is 11.6 Å². The number of rotatable bonds is 7. The molecule has 2 aromatic carbocycles. The van der Waals surface area contributed by atoms with Crippen LogP contribution in [0.2, 0.25) is 5.02 Å². The molecule has 5 rings (SSSR count). The lowest BCUT2D eigenvalue weighted by Crippen LogP contribution is -2.31. The molecule has 3 heterocycles. The summed E-state index contributed by atoms with van der Waals surface area (Å²) in [7, 11) is -3.43. The number of hydrogen-bond donors (Lipinski definition) is 1. The predicted octanol–water partition coefficient (Wildman–Crippen LogP) is 4.50. The summed E-state index contributed by atoms with van der Waals surface area (Å²) in [5, 5.41) is 11.0. The van der Waals surface area contributed by atoms with Crippen molar-refractivity contribution in [2.45, 2.75) is 13.0 Å². The number of hydrogen-bond acceptors (Lipinski definition) is 7. The lowest BCUT2D eigenvalue weighted by molar-refractivity contribution is 0.342. The third-order valence-electron chi connectivity index (χ3n) is 6.00. The van der Waals surface area contributed by atoms with Gasteiger partial charge in [0.15, 0.2) is 5.75 Å². The van der Waals surface area contributed by atoms with Gasteiger partial charge in [0.2, 0.25) is 16.0 Å². The molecule has 12 heteroatoms. The number of alkyl halides is 1. The van der Waals surface area contributed by atoms with Crippen molar-refractivity contribution < 1.29 is 13.2 Å². The number of anilines is 2. The summed E-state index contributed by atoms with van der Waals surface area (Å²) in [6, 6.07) is 13.9. The first-order chi connectivity index (χ1) is 17.8. The number of fused-ring (bicyclic) bond motifs is 2. The van der Waals surface area contributed by atoms with E-state index in [-0.39, 0.29) is 12.6 Å². The summed E-state index contributed by atoms with van der Waals surface area (Å²) >= 11 is 12.2. The van der Waals surface area contributed by atoms with E-state index < -0.39 is 10.0 Å². The number of benzene rings is 2. The third-order valence-corrected chi connectivity index (χ3v) is 6.99. The zero-order valence-corrected chi connectivity index (χ0v) is 22.1. The highest BCUT2D eigenvalue weighted by atomic mass is 35.5. The highest BCUT2D eigenvalue weighted by Gasteiger charge is 2.20. The van der Waals surface area contributed by atoms with Gasteiger partial charge in [-0.05, 0) is 36.4 Å². The second-order valence-corrected chi connectivity index (χ2v) is 11.1. The Morgan fingerprint density at radius 3 is 2.81 bits per heavy atom. The molecular weight excluding hydrogens is 535 g/mol. The largest absolute Gasteiger partial charge is 0.489 e. The molecule has 4 aromatic rings. The molecule has 0 radical (unpaired) electrons. The van der Waals surface area contributed by atoms with E-state index in [0.717, 1.165) is 46.3 Å². The first-order valence-electron chi connectivity index (χ1n) is 11.4. The summed E-state index contributed by atoms with van der Waals surface area (Å²) in [6.45, 7) is 1.61. The van der Waals surface area contributed by atoms with Crippen LogP contribution in [0.3, 0.4) is 0 Å². The van der Waals surface area contributed by atoms with Crippen LogP contribution in [0.1, 0.15) is 16.8 Å². The lowest BCUT2D eigenvalue weighted by Gasteiger charge is -2.30. The number of nitrogens with zero attached hydrogens (tertiary/aromatic N) is 5. The van der Waals surface area contributed by atoms with Crippen LogP contribution in [-0.4, -0.2) is 48.2 Å². The van der Waals surface area contributed by atoms with E-state index in [9.17, 15) is 13.7 Å². The molecule has 0 fully saturated rings. The number of nitriles is 1.